The fourth-order valence-electron chi connectivity index (χ4n) is 3.19. The molecule has 3 heterocycles. The van der Waals surface area contributed by atoms with Crippen molar-refractivity contribution in [2.75, 3.05) is 13.1 Å². The van der Waals surface area contributed by atoms with Gasteiger partial charge in [-0.25, -0.2) is 0 Å². The molecule has 5 nitrogen and oxygen atoms in total. The maximum Gasteiger partial charge on any atom is 0.274 e. The van der Waals surface area contributed by atoms with Crippen LogP contribution >= 0.6 is 0 Å². The number of aromatic nitrogens is 2. The van der Waals surface area contributed by atoms with Crippen LogP contribution in [0.1, 0.15) is 55.2 Å². The van der Waals surface area contributed by atoms with Gasteiger partial charge in [0, 0.05) is 24.3 Å². The fourth-order valence-corrected chi connectivity index (χ4v) is 3.19. The van der Waals surface area contributed by atoms with Gasteiger partial charge in [-0.1, -0.05) is 13.8 Å². The van der Waals surface area contributed by atoms with E-state index in [0.717, 1.165) is 38.0 Å². The van der Waals surface area contributed by atoms with Gasteiger partial charge in [-0.05, 0) is 37.8 Å². The molecule has 2 unspecified atom stereocenters. The summed E-state index contributed by atoms with van der Waals surface area (Å²) in [4.78, 5) is 14.7. The Bertz CT molecular complexity index is 454. The van der Waals surface area contributed by atoms with Crippen molar-refractivity contribution in [1.29, 1.82) is 0 Å². The largest absolute Gasteiger partial charge is 0.330 e. The molecule has 1 amide bonds. The summed E-state index contributed by atoms with van der Waals surface area (Å²) in [5, 5.41) is 10.6. The molecule has 19 heavy (non-hydrogen) atoms. The van der Waals surface area contributed by atoms with Gasteiger partial charge >= 0.3 is 0 Å². The number of fused-ring (bicyclic) bond motifs is 2. The first-order valence-corrected chi connectivity index (χ1v) is 7.25. The van der Waals surface area contributed by atoms with Gasteiger partial charge in [-0.15, -0.1) is 0 Å². The highest BCUT2D eigenvalue weighted by Gasteiger charge is 2.39. The monoisotopic (exact) mass is 262 g/mol. The van der Waals surface area contributed by atoms with Crippen molar-refractivity contribution in [3.05, 3.63) is 17.5 Å². The number of H-pyrrole nitrogens is 1. The van der Waals surface area contributed by atoms with Crippen LogP contribution in [0.3, 0.4) is 0 Å². The lowest BCUT2D eigenvalue weighted by atomic mass is 10.1. The summed E-state index contributed by atoms with van der Waals surface area (Å²) in [5.74, 6) is 0.468. The number of rotatable bonds is 2. The Morgan fingerprint density at radius 1 is 1.37 bits per heavy atom. The van der Waals surface area contributed by atoms with Gasteiger partial charge in [-0.2, -0.15) is 5.10 Å². The van der Waals surface area contributed by atoms with Crippen LogP contribution in [0, 0.1) is 0 Å². The minimum Gasteiger partial charge on any atom is -0.330 e. The molecule has 2 bridgehead atoms. The van der Waals surface area contributed by atoms with E-state index < -0.39 is 0 Å². The molecule has 5 heteroatoms. The van der Waals surface area contributed by atoms with Gasteiger partial charge in [0.1, 0.15) is 5.69 Å². The first-order valence-electron chi connectivity index (χ1n) is 7.25. The average molecular weight is 262 g/mol. The SMILES string of the molecule is CC(C)c1cc(C(=O)N2C3CCNCC2CC3)n[nH]1. The number of nitrogens with zero attached hydrogens (tertiary/aromatic N) is 2. The van der Waals surface area contributed by atoms with E-state index in [-0.39, 0.29) is 5.91 Å². The lowest BCUT2D eigenvalue weighted by Gasteiger charge is -2.26. The Morgan fingerprint density at radius 2 is 2.16 bits per heavy atom. The Kier molecular flexibility index (Phi) is 3.31. The van der Waals surface area contributed by atoms with E-state index in [4.69, 9.17) is 0 Å². The third kappa shape index (κ3) is 2.27. The normalized spacial score (nSPS) is 26.8. The van der Waals surface area contributed by atoms with E-state index in [9.17, 15) is 4.79 Å². The molecule has 0 aromatic carbocycles. The molecule has 1 aromatic heterocycles. The van der Waals surface area contributed by atoms with E-state index >= 15 is 0 Å². The number of hydrogen-bond acceptors (Lipinski definition) is 3. The van der Waals surface area contributed by atoms with Gasteiger partial charge in [0.15, 0.2) is 0 Å². The van der Waals surface area contributed by atoms with Crippen molar-refractivity contribution in [3.8, 4) is 0 Å². The van der Waals surface area contributed by atoms with Gasteiger partial charge in [-0.3, -0.25) is 9.89 Å². The predicted octanol–water partition coefficient (Wildman–Crippen LogP) is 1.50. The van der Waals surface area contributed by atoms with Crippen molar-refractivity contribution in [2.24, 2.45) is 0 Å². The molecule has 3 rings (SSSR count). The number of carbonyl (C=O) groups excluding carboxylic acids is 1. The van der Waals surface area contributed by atoms with Crippen LogP contribution in [0.15, 0.2) is 6.07 Å². The van der Waals surface area contributed by atoms with Gasteiger partial charge in [0.2, 0.25) is 0 Å². The van der Waals surface area contributed by atoms with Crippen molar-refractivity contribution < 1.29 is 4.79 Å². The number of aromatic amines is 1. The van der Waals surface area contributed by atoms with Crippen molar-refractivity contribution in [3.63, 3.8) is 0 Å². The summed E-state index contributed by atoms with van der Waals surface area (Å²) in [6.45, 7) is 6.13. The molecule has 0 saturated carbocycles. The lowest BCUT2D eigenvalue weighted by molar-refractivity contribution is 0.0674. The molecule has 104 valence electrons. The third-order valence-corrected chi connectivity index (χ3v) is 4.33. The van der Waals surface area contributed by atoms with E-state index in [2.05, 4.69) is 34.3 Å². The summed E-state index contributed by atoms with van der Waals surface area (Å²) >= 11 is 0. The lowest BCUT2D eigenvalue weighted by Crippen LogP contribution is -2.42. The van der Waals surface area contributed by atoms with Crippen LogP contribution in [-0.2, 0) is 0 Å². The number of nitrogens with one attached hydrogen (secondary N) is 2. The van der Waals surface area contributed by atoms with Crippen LogP contribution < -0.4 is 5.32 Å². The van der Waals surface area contributed by atoms with Crippen LogP contribution in [-0.4, -0.2) is 46.2 Å². The topological polar surface area (TPSA) is 61.0 Å². The second kappa shape index (κ2) is 4.96. The maximum atomic E-state index is 12.7. The van der Waals surface area contributed by atoms with E-state index in [1.54, 1.807) is 0 Å². The molecule has 0 spiro atoms. The van der Waals surface area contributed by atoms with Crippen LogP contribution in [0.2, 0.25) is 0 Å². The van der Waals surface area contributed by atoms with Gasteiger partial charge < -0.3 is 10.2 Å². The molecule has 2 aliphatic rings. The van der Waals surface area contributed by atoms with Crippen LogP contribution in [0.25, 0.3) is 0 Å². The zero-order valence-electron chi connectivity index (χ0n) is 11.6. The molecule has 2 saturated heterocycles. The summed E-state index contributed by atoms with van der Waals surface area (Å²) in [5.41, 5.74) is 1.60. The van der Waals surface area contributed by atoms with E-state index in [1.807, 2.05) is 6.07 Å². The summed E-state index contributed by atoms with van der Waals surface area (Å²) in [6.07, 6.45) is 3.31. The van der Waals surface area contributed by atoms with E-state index in [0.29, 0.717) is 23.7 Å². The van der Waals surface area contributed by atoms with Gasteiger partial charge in [0.05, 0.1) is 0 Å². The van der Waals surface area contributed by atoms with Crippen molar-refractivity contribution in [1.82, 2.24) is 20.4 Å². The quantitative estimate of drug-likeness (QED) is 0.849. The minimum absolute atomic E-state index is 0.0966. The number of hydrogen-bond donors (Lipinski definition) is 2. The molecular formula is C14H22N4O. The zero-order chi connectivity index (χ0) is 13.4. The highest BCUT2D eigenvalue weighted by Crippen LogP contribution is 2.29. The summed E-state index contributed by atoms with van der Waals surface area (Å²) in [6, 6.07) is 2.65. The predicted molar refractivity (Wildman–Crippen MR) is 73.1 cm³/mol. The average Bonchev–Trinajstić information content (AvgIpc) is 2.92. The first kappa shape index (κ1) is 12.7. The van der Waals surface area contributed by atoms with Crippen LogP contribution in [0.5, 0.6) is 0 Å². The highest BCUT2D eigenvalue weighted by atomic mass is 16.2. The Hall–Kier alpha value is -1.36. The second-order valence-electron chi connectivity index (χ2n) is 5.95. The van der Waals surface area contributed by atoms with Crippen LogP contribution in [0.4, 0.5) is 0 Å². The molecule has 0 aliphatic carbocycles. The van der Waals surface area contributed by atoms with Crippen molar-refractivity contribution >= 4 is 5.91 Å². The highest BCUT2D eigenvalue weighted by molar-refractivity contribution is 5.93. The summed E-state index contributed by atoms with van der Waals surface area (Å²) < 4.78 is 0. The molecule has 1 aromatic rings. The molecule has 2 atom stereocenters. The number of amides is 1. The number of carbonyl (C=O) groups is 1. The maximum absolute atomic E-state index is 12.7. The minimum atomic E-state index is 0.0966. The Labute approximate surface area is 113 Å². The zero-order valence-corrected chi connectivity index (χ0v) is 11.6. The fraction of sp³-hybridized carbons (Fsp3) is 0.714. The smallest absolute Gasteiger partial charge is 0.274 e. The molecular weight excluding hydrogens is 240 g/mol. The second-order valence-corrected chi connectivity index (χ2v) is 5.95. The van der Waals surface area contributed by atoms with Crippen molar-refractivity contribution in [2.45, 2.75) is 51.1 Å². The molecule has 2 fully saturated rings. The molecule has 2 aliphatic heterocycles. The Balaban J connectivity index is 1.82. The standard InChI is InChI=1S/C14H22N4O/c1-9(2)12-7-13(17-16-12)14(19)18-10-3-4-11(18)8-15-6-5-10/h7,9-11,15H,3-6,8H2,1-2H3,(H,16,17). The first-order chi connectivity index (χ1) is 9.16. The van der Waals surface area contributed by atoms with Gasteiger partial charge in [0.25, 0.3) is 5.91 Å². The molecule has 0 radical (unpaired) electrons. The van der Waals surface area contributed by atoms with E-state index in [1.165, 1.54) is 0 Å². The third-order valence-electron chi connectivity index (χ3n) is 4.33. The summed E-state index contributed by atoms with van der Waals surface area (Å²) in [7, 11) is 0. The molecule has 2 N–H and O–H groups in total. The Morgan fingerprint density at radius 3 is 2.89 bits per heavy atom.